The topological polar surface area (TPSA) is 40.7 Å². The van der Waals surface area contributed by atoms with Crippen LogP contribution < -0.4 is 5.32 Å². The van der Waals surface area contributed by atoms with Crippen LogP contribution in [0.15, 0.2) is 12.1 Å². The maximum atomic E-state index is 13.6. The number of hydrogen-bond acceptors (Lipinski definition) is 2. The van der Waals surface area contributed by atoms with E-state index in [0.717, 1.165) is 37.8 Å². The molecule has 96 valence electrons. The van der Waals surface area contributed by atoms with Crippen LogP contribution in [0.25, 0.3) is 11.0 Å². The van der Waals surface area contributed by atoms with Crippen molar-refractivity contribution in [2.45, 2.75) is 25.2 Å². The third-order valence-electron chi connectivity index (χ3n) is 3.67. The molecule has 18 heavy (non-hydrogen) atoms. The monoisotopic (exact) mass is 251 g/mol. The molecule has 0 saturated carbocycles. The van der Waals surface area contributed by atoms with Crippen molar-refractivity contribution >= 4 is 11.0 Å². The number of hydrogen-bond donors (Lipinski definition) is 2. The first-order valence-corrected chi connectivity index (χ1v) is 6.14. The molecule has 2 N–H and O–H groups in total. The lowest BCUT2D eigenvalue weighted by atomic mass is 9.82. The van der Waals surface area contributed by atoms with Crippen LogP contribution in [0, 0.1) is 11.6 Å². The van der Waals surface area contributed by atoms with E-state index < -0.39 is 11.6 Å². The van der Waals surface area contributed by atoms with Crippen molar-refractivity contribution < 1.29 is 8.78 Å². The Balaban J connectivity index is 2.10. The second-order valence-electron chi connectivity index (χ2n) is 5.21. The van der Waals surface area contributed by atoms with Gasteiger partial charge in [-0.1, -0.05) is 6.92 Å². The number of nitrogens with zero attached hydrogens (tertiary/aromatic N) is 1. The van der Waals surface area contributed by atoms with Crippen LogP contribution in [-0.2, 0) is 5.41 Å². The molecule has 5 heteroatoms. The summed E-state index contributed by atoms with van der Waals surface area (Å²) in [4.78, 5) is 7.37. The molecule has 2 aromatic rings. The highest BCUT2D eigenvalue weighted by Gasteiger charge is 2.32. The van der Waals surface area contributed by atoms with E-state index >= 15 is 0 Å². The summed E-state index contributed by atoms with van der Waals surface area (Å²) in [5.41, 5.74) is 0.507. The van der Waals surface area contributed by atoms with Crippen molar-refractivity contribution in [2.75, 3.05) is 13.1 Å². The van der Waals surface area contributed by atoms with Crippen molar-refractivity contribution in [3.63, 3.8) is 0 Å². The van der Waals surface area contributed by atoms with Gasteiger partial charge in [0, 0.05) is 18.0 Å². The Morgan fingerprint density at radius 2 is 2.17 bits per heavy atom. The lowest BCUT2D eigenvalue weighted by Gasteiger charge is -2.32. The van der Waals surface area contributed by atoms with E-state index in [1.54, 1.807) is 0 Å². The van der Waals surface area contributed by atoms with Crippen molar-refractivity contribution in [2.24, 2.45) is 0 Å². The van der Waals surface area contributed by atoms with E-state index in [9.17, 15) is 8.78 Å². The van der Waals surface area contributed by atoms with Crippen LogP contribution in [-0.4, -0.2) is 23.1 Å². The minimum Gasteiger partial charge on any atom is -0.341 e. The molecular weight excluding hydrogens is 236 g/mol. The number of benzene rings is 1. The highest BCUT2D eigenvalue weighted by atomic mass is 19.1. The fourth-order valence-corrected chi connectivity index (χ4v) is 2.59. The van der Waals surface area contributed by atoms with E-state index in [-0.39, 0.29) is 10.9 Å². The van der Waals surface area contributed by atoms with Gasteiger partial charge in [-0.25, -0.2) is 13.8 Å². The first-order chi connectivity index (χ1) is 8.58. The van der Waals surface area contributed by atoms with Gasteiger partial charge in [0.05, 0.1) is 5.52 Å². The molecule has 1 fully saturated rings. The van der Waals surface area contributed by atoms with Gasteiger partial charge in [-0.3, -0.25) is 0 Å². The normalized spacial score (nSPS) is 24.6. The predicted octanol–water partition coefficient (Wildman–Crippen LogP) is 2.48. The smallest absolute Gasteiger partial charge is 0.153 e. The maximum absolute atomic E-state index is 13.6. The third-order valence-corrected chi connectivity index (χ3v) is 3.67. The minimum atomic E-state index is -0.611. The average molecular weight is 251 g/mol. The molecule has 0 radical (unpaired) electrons. The summed E-state index contributed by atoms with van der Waals surface area (Å²) >= 11 is 0. The van der Waals surface area contributed by atoms with Crippen molar-refractivity contribution in [3.8, 4) is 0 Å². The number of imidazole rings is 1. The molecule has 1 saturated heterocycles. The summed E-state index contributed by atoms with van der Waals surface area (Å²) in [5.74, 6) is -0.462. The quantitative estimate of drug-likeness (QED) is 0.817. The fraction of sp³-hybridized carbons (Fsp3) is 0.462. The zero-order valence-corrected chi connectivity index (χ0v) is 10.2. The van der Waals surface area contributed by atoms with Crippen LogP contribution in [0.2, 0.25) is 0 Å². The number of rotatable bonds is 1. The van der Waals surface area contributed by atoms with Gasteiger partial charge in [0.1, 0.15) is 17.2 Å². The van der Waals surface area contributed by atoms with Gasteiger partial charge in [0.25, 0.3) is 0 Å². The van der Waals surface area contributed by atoms with E-state index in [0.29, 0.717) is 5.52 Å². The average Bonchev–Trinajstić information content (AvgIpc) is 2.74. The summed E-state index contributed by atoms with van der Waals surface area (Å²) in [5, 5.41) is 3.32. The highest BCUT2D eigenvalue weighted by molar-refractivity contribution is 5.76. The number of piperidine rings is 1. The molecule has 2 heterocycles. The molecule has 3 rings (SSSR count). The highest BCUT2D eigenvalue weighted by Crippen LogP contribution is 2.30. The number of nitrogens with one attached hydrogen (secondary N) is 2. The molecule has 1 atom stereocenters. The Bertz CT molecular complexity index is 585. The Kier molecular flexibility index (Phi) is 2.59. The van der Waals surface area contributed by atoms with Gasteiger partial charge >= 0.3 is 0 Å². The Labute approximate surface area is 104 Å². The van der Waals surface area contributed by atoms with Gasteiger partial charge in [0.2, 0.25) is 0 Å². The number of aromatic amines is 1. The summed E-state index contributed by atoms with van der Waals surface area (Å²) in [7, 11) is 0. The van der Waals surface area contributed by atoms with Crippen LogP contribution in [0.1, 0.15) is 25.6 Å². The second kappa shape index (κ2) is 4.02. The van der Waals surface area contributed by atoms with Gasteiger partial charge in [0.15, 0.2) is 5.82 Å². The third kappa shape index (κ3) is 1.79. The zero-order chi connectivity index (χ0) is 12.8. The van der Waals surface area contributed by atoms with Gasteiger partial charge < -0.3 is 10.3 Å². The SMILES string of the molecule is CC1(c2nc3c(F)cc(F)cc3[nH]2)CCCNC1. The minimum absolute atomic E-state index is 0.139. The fourth-order valence-electron chi connectivity index (χ4n) is 2.59. The number of fused-ring (bicyclic) bond motifs is 1. The molecule has 0 amide bonds. The molecule has 1 aliphatic heterocycles. The summed E-state index contributed by atoms with van der Waals surface area (Å²) in [6, 6.07) is 2.16. The Morgan fingerprint density at radius 1 is 1.33 bits per heavy atom. The van der Waals surface area contributed by atoms with Crippen LogP contribution >= 0.6 is 0 Å². The molecule has 1 aromatic carbocycles. The molecule has 1 unspecified atom stereocenters. The predicted molar refractivity (Wildman–Crippen MR) is 65.5 cm³/mol. The standard InChI is InChI=1S/C13H15F2N3/c1-13(3-2-4-16-7-13)12-17-10-6-8(14)5-9(15)11(10)18-12/h5-6,16H,2-4,7H2,1H3,(H,17,18). The van der Waals surface area contributed by atoms with Crippen LogP contribution in [0.4, 0.5) is 8.78 Å². The first-order valence-electron chi connectivity index (χ1n) is 6.14. The van der Waals surface area contributed by atoms with Crippen molar-refractivity contribution in [3.05, 3.63) is 29.6 Å². The van der Waals surface area contributed by atoms with E-state index in [4.69, 9.17) is 0 Å². The molecule has 0 aliphatic carbocycles. The van der Waals surface area contributed by atoms with E-state index in [2.05, 4.69) is 22.2 Å². The maximum Gasteiger partial charge on any atom is 0.153 e. The second-order valence-corrected chi connectivity index (χ2v) is 5.21. The summed E-state index contributed by atoms with van der Waals surface area (Å²) < 4.78 is 26.8. The van der Waals surface area contributed by atoms with Crippen molar-refractivity contribution in [1.82, 2.24) is 15.3 Å². The molecule has 1 aromatic heterocycles. The number of H-pyrrole nitrogens is 1. The lowest BCUT2D eigenvalue weighted by Crippen LogP contribution is -2.41. The molecular formula is C13H15F2N3. The number of aromatic nitrogens is 2. The molecule has 0 spiro atoms. The van der Waals surface area contributed by atoms with Gasteiger partial charge in [-0.05, 0) is 25.5 Å². The van der Waals surface area contributed by atoms with Gasteiger partial charge in [-0.2, -0.15) is 0 Å². The lowest BCUT2D eigenvalue weighted by molar-refractivity contribution is 0.326. The Hall–Kier alpha value is -1.49. The number of halogens is 2. The van der Waals surface area contributed by atoms with Crippen molar-refractivity contribution in [1.29, 1.82) is 0 Å². The molecule has 1 aliphatic rings. The van der Waals surface area contributed by atoms with Gasteiger partial charge in [-0.15, -0.1) is 0 Å². The Morgan fingerprint density at radius 3 is 2.89 bits per heavy atom. The largest absolute Gasteiger partial charge is 0.341 e. The molecule has 0 bridgehead atoms. The first kappa shape index (κ1) is 11.6. The summed E-state index contributed by atoms with van der Waals surface area (Å²) in [6.07, 6.45) is 2.05. The molecule has 3 nitrogen and oxygen atoms in total. The van der Waals surface area contributed by atoms with E-state index in [1.807, 2.05) is 0 Å². The van der Waals surface area contributed by atoms with Crippen LogP contribution in [0.3, 0.4) is 0 Å². The zero-order valence-electron chi connectivity index (χ0n) is 10.2. The van der Waals surface area contributed by atoms with Crippen LogP contribution in [0.5, 0.6) is 0 Å². The van der Waals surface area contributed by atoms with E-state index in [1.165, 1.54) is 6.07 Å². The summed E-state index contributed by atoms with van der Waals surface area (Å²) in [6.45, 7) is 3.89.